The molecule has 4 nitrogen and oxygen atoms in total. The first kappa shape index (κ1) is 14.0. The van der Waals surface area contributed by atoms with E-state index in [1.165, 1.54) is 11.1 Å². The number of aromatic nitrogens is 1. The quantitative estimate of drug-likeness (QED) is 0.905. The number of rotatable bonds is 4. The molecule has 4 heteroatoms. The van der Waals surface area contributed by atoms with Crippen LogP contribution in [0.4, 0.5) is 0 Å². The van der Waals surface area contributed by atoms with Crippen LogP contribution in [0.25, 0.3) is 0 Å². The fraction of sp³-hybridized carbons (Fsp3) is 0.600. The number of carboxylic acids is 1. The fourth-order valence-electron chi connectivity index (χ4n) is 2.78. The van der Waals surface area contributed by atoms with Crippen molar-refractivity contribution in [2.45, 2.75) is 39.7 Å². The maximum Gasteiger partial charge on any atom is 0.309 e. The third kappa shape index (κ3) is 2.95. The summed E-state index contributed by atoms with van der Waals surface area (Å²) in [5.41, 5.74) is 1.99. The Morgan fingerprint density at radius 1 is 1.47 bits per heavy atom. The zero-order chi connectivity index (χ0) is 13.9. The Bertz CT molecular complexity index is 451. The van der Waals surface area contributed by atoms with Gasteiger partial charge in [-0.15, -0.1) is 0 Å². The first-order valence-electron chi connectivity index (χ1n) is 6.92. The molecule has 2 heterocycles. The molecule has 0 atom stereocenters. The molecule has 1 aromatic heterocycles. The minimum atomic E-state index is -0.630. The predicted octanol–water partition coefficient (Wildman–Crippen LogP) is 2.47. The van der Waals surface area contributed by atoms with Crippen LogP contribution in [0.3, 0.4) is 0 Å². The maximum atomic E-state index is 11.4. The van der Waals surface area contributed by atoms with Crippen molar-refractivity contribution in [2.75, 3.05) is 13.1 Å². The number of likely N-dealkylation sites (tertiary alicyclic amines) is 1. The molecule has 0 aliphatic carbocycles. The number of hydrogen-bond donors (Lipinski definition) is 1. The fourth-order valence-corrected chi connectivity index (χ4v) is 2.78. The van der Waals surface area contributed by atoms with Crippen molar-refractivity contribution in [3.63, 3.8) is 0 Å². The van der Waals surface area contributed by atoms with Crippen molar-refractivity contribution in [1.29, 1.82) is 0 Å². The Morgan fingerprint density at radius 2 is 2.16 bits per heavy atom. The van der Waals surface area contributed by atoms with Gasteiger partial charge >= 0.3 is 5.97 Å². The highest BCUT2D eigenvalue weighted by Gasteiger charge is 2.39. The lowest BCUT2D eigenvalue weighted by molar-refractivity contribution is -0.152. The first-order chi connectivity index (χ1) is 9.07. The number of pyridine rings is 1. The van der Waals surface area contributed by atoms with Gasteiger partial charge in [-0.1, -0.05) is 6.92 Å². The van der Waals surface area contributed by atoms with Gasteiger partial charge in [0.05, 0.1) is 5.41 Å². The second-order valence-corrected chi connectivity index (χ2v) is 5.52. The Labute approximate surface area is 114 Å². The van der Waals surface area contributed by atoms with E-state index in [2.05, 4.69) is 16.8 Å². The number of hydrogen-bond acceptors (Lipinski definition) is 3. The summed E-state index contributed by atoms with van der Waals surface area (Å²) in [5.74, 6) is -0.630. The third-order valence-corrected chi connectivity index (χ3v) is 4.47. The van der Waals surface area contributed by atoms with Crippen LogP contribution in [-0.2, 0) is 11.3 Å². The normalized spacial score (nSPS) is 19.3. The summed E-state index contributed by atoms with van der Waals surface area (Å²) in [6, 6.07) is 2.05. The van der Waals surface area contributed by atoms with Gasteiger partial charge in [0.25, 0.3) is 0 Å². The van der Waals surface area contributed by atoms with Crippen LogP contribution in [0.1, 0.15) is 37.3 Å². The molecule has 104 valence electrons. The van der Waals surface area contributed by atoms with Crippen LogP contribution in [0.15, 0.2) is 18.5 Å². The van der Waals surface area contributed by atoms with Gasteiger partial charge in [-0.25, -0.2) is 0 Å². The molecule has 1 N–H and O–H groups in total. The van der Waals surface area contributed by atoms with Gasteiger partial charge in [0.1, 0.15) is 0 Å². The van der Waals surface area contributed by atoms with Crippen LogP contribution in [0.5, 0.6) is 0 Å². The van der Waals surface area contributed by atoms with Gasteiger partial charge in [-0.3, -0.25) is 14.7 Å². The minimum Gasteiger partial charge on any atom is -0.481 e. The molecule has 0 bridgehead atoms. The van der Waals surface area contributed by atoms with Crippen LogP contribution in [-0.4, -0.2) is 34.0 Å². The average Bonchev–Trinajstić information content (AvgIpc) is 2.42. The van der Waals surface area contributed by atoms with E-state index >= 15 is 0 Å². The second-order valence-electron chi connectivity index (χ2n) is 5.52. The molecular formula is C15H22N2O2. The standard InChI is InChI=1S/C15H22N2O2/c1-3-15(14(18)19)5-8-17(9-6-15)11-13-4-7-16-10-12(13)2/h4,7,10H,3,5-6,8-9,11H2,1-2H3,(H,18,19). The largest absolute Gasteiger partial charge is 0.481 e. The third-order valence-electron chi connectivity index (χ3n) is 4.47. The summed E-state index contributed by atoms with van der Waals surface area (Å²) in [4.78, 5) is 17.8. The van der Waals surface area contributed by atoms with Crippen molar-refractivity contribution in [3.05, 3.63) is 29.6 Å². The van der Waals surface area contributed by atoms with Gasteiger partial charge in [-0.2, -0.15) is 0 Å². The van der Waals surface area contributed by atoms with Crippen molar-refractivity contribution in [3.8, 4) is 0 Å². The molecular weight excluding hydrogens is 240 g/mol. The van der Waals surface area contributed by atoms with E-state index in [0.29, 0.717) is 0 Å². The zero-order valence-electron chi connectivity index (χ0n) is 11.7. The van der Waals surface area contributed by atoms with E-state index in [4.69, 9.17) is 0 Å². The van der Waals surface area contributed by atoms with Crippen molar-refractivity contribution in [1.82, 2.24) is 9.88 Å². The van der Waals surface area contributed by atoms with Crippen LogP contribution >= 0.6 is 0 Å². The van der Waals surface area contributed by atoms with Crippen LogP contribution < -0.4 is 0 Å². The highest BCUT2D eigenvalue weighted by Crippen LogP contribution is 2.35. The number of aliphatic carboxylic acids is 1. The number of nitrogens with zero attached hydrogens (tertiary/aromatic N) is 2. The van der Waals surface area contributed by atoms with E-state index in [1.807, 2.05) is 25.4 Å². The maximum absolute atomic E-state index is 11.4. The molecule has 0 saturated carbocycles. The summed E-state index contributed by atoms with van der Waals surface area (Å²) in [6.45, 7) is 6.67. The molecule has 2 rings (SSSR count). The summed E-state index contributed by atoms with van der Waals surface area (Å²) in [5, 5.41) is 9.38. The molecule has 0 radical (unpaired) electrons. The summed E-state index contributed by atoms with van der Waals surface area (Å²) in [7, 11) is 0. The Hall–Kier alpha value is -1.42. The summed E-state index contributed by atoms with van der Waals surface area (Å²) < 4.78 is 0. The number of carboxylic acid groups (broad SMARTS) is 1. The van der Waals surface area contributed by atoms with Gasteiger partial charge in [0, 0.05) is 18.9 Å². The second kappa shape index (κ2) is 5.70. The SMILES string of the molecule is CCC1(C(=O)O)CCN(Cc2ccncc2C)CC1. The van der Waals surface area contributed by atoms with E-state index < -0.39 is 11.4 Å². The van der Waals surface area contributed by atoms with Gasteiger partial charge in [-0.05, 0) is 56.5 Å². The average molecular weight is 262 g/mol. The van der Waals surface area contributed by atoms with Crippen molar-refractivity contribution in [2.24, 2.45) is 5.41 Å². The Morgan fingerprint density at radius 3 is 2.68 bits per heavy atom. The molecule has 1 aromatic rings. The number of piperidine rings is 1. The highest BCUT2D eigenvalue weighted by atomic mass is 16.4. The molecule has 0 aromatic carbocycles. The monoisotopic (exact) mass is 262 g/mol. The Balaban J connectivity index is 1.97. The zero-order valence-corrected chi connectivity index (χ0v) is 11.7. The van der Waals surface area contributed by atoms with E-state index in [9.17, 15) is 9.90 Å². The molecule has 1 aliphatic rings. The highest BCUT2D eigenvalue weighted by molar-refractivity contribution is 5.74. The van der Waals surface area contributed by atoms with Gasteiger partial charge < -0.3 is 5.11 Å². The molecule has 0 spiro atoms. The lowest BCUT2D eigenvalue weighted by atomic mass is 9.76. The molecule has 0 unspecified atom stereocenters. The Kier molecular flexibility index (Phi) is 4.20. The summed E-state index contributed by atoms with van der Waals surface area (Å²) in [6.07, 6.45) is 5.93. The molecule has 1 fully saturated rings. The lowest BCUT2D eigenvalue weighted by Crippen LogP contribution is -2.43. The molecule has 1 aliphatic heterocycles. The number of aryl methyl sites for hydroxylation is 1. The summed E-state index contributed by atoms with van der Waals surface area (Å²) >= 11 is 0. The van der Waals surface area contributed by atoms with E-state index in [1.54, 1.807) is 0 Å². The first-order valence-corrected chi connectivity index (χ1v) is 6.92. The molecule has 1 saturated heterocycles. The molecule has 0 amide bonds. The van der Waals surface area contributed by atoms with Gasteiger partial charge in [0.2, 0.25) is 0 Å². The van der Waals surface area contributed by atoms with E-state index in [0.717, 1.165) is 38.9 Å². The van der Waals surface area contributed by atoms with E-state index in [-0.39, 0.29) is 0 Å². The van der Waals surface area contributed by atoms with Crippen LogP contribution in [0, 0.1) is 12.3 Å². The predicted molar refractivity (Wildman–Crippen MR) is 73.8 cm³/mol. The minimum absolute atomic E-state index is 0.496. The van der Waals surface area contributed by atoms with Crippen molar-refractivity contribution < 1.29 is 9.90 Å². The lowest BCUT2D eigenvalue weighted by Gasteiger charge is -2.38. The smallest absolute Gasteiger partial charge is 0.309 e. The molecule has 19 heavy (non-hydrogen) atoms. The van der Waals surface area contributed by atoms with Crippen molar-refractivity contribution >= 4 is 5.97 Å². The number of carbonyl (C=O) groups is 1. The van der Waals surface area contributed by atoms with Crippen LogP contribution in [0.2, 0.25) is 0 Å². The van der Waals surface area contributed by atoms with Gasteiger partial charge in [0.15, 0.2) is 0 Å². The topological polar surface area (TPSA) is 53.4 Å².